The molecule has 3 heteroatoms. The maximum absolute atomic E-state index is 11.2. The first-order valence-corrected chi connectivity index (χ1v) is 5.12. The summed E-state index contributed by atoms with van der Waals surface area (Å²) in [7, 11) is 1.43. The lowest BCUT2D eigenvalue weighted by Gasteiger charge is -2.17. The summed E-state index contributed by atoms with van der Waals surface area (Å²) in [4.78, 5) is 13.3. The Bertz CT molecular complexity index is 387. The molecule has 0 amide bonds. The Labute approximate surface area is 89.7 Å². The Morgan fingerprint density at radius 3 is 3.07 bits per heavy atom. The number of esters is 1. The van der Waals surface area contributed by atoms with Crippen molar-refractivity contribution < 1.29 is 9.53 Å². The number of anilines is 1. The van der Waals surface area contributed by atoms with E-state index in [2.05, 4.69) is 34.8 Å². The summed E-state index contributed by atoms with van der Waals surface area (Å²) in [5.41, 5.74) is 3.78. The number of fused-ring (bicyclic) bond motifs is 1. The van der Waals surface area contributed by atoms with Crippen molar-refractivity contribution >= 4 is 11.7 Å². The fourth-order valence-electron chi connectivity index (χ4n) is 1.98. The minimum atomic E-state index is -0.177. The van der Waals surface area contributed by atoms with Gasteiger partial charge in [-0.25, -0.2) is 0 Å². The predicted octanol–water partition coefficient (Wildman–Crippen LogP) is 1.53. The second-order valence-electron chi connectivity index (χ2n) is 3.88. The zero-order valence-electron chi connectivity index (χ0n) is 9.12. The Hall–Kier alpha value is -1.51. The number of nitrogens with zero attached hydrogens (tertiary/aromatic N) is 1. The van der Waals surface area contributed by atoms with Crippen LogP contribution in [-0.4, -0.2) is 26.2 Å². The van der Waals surface area contributed by atoms with Gasteiger partial charge in [0.25, 0.3) is 0 Å². The number of aryl methyl sites for hydroxylation is 1. The third-order valence-electron chi connectivity index (χ3n) is 2.77. The molecule has 0 atom stereocenters. The molecule has 1 heterocycles. The molecule has 0 radical (unpaired) electrons. The lowest BCUT2D eigenvalue weighted by Crippen LogP contribution is -2.28. The highest BCUT2D eigenvalue weighted by Gasteiger charge is 2.20. The Morgan fingerprint density at radius 1 is 1.53 bits per heavy atom. The lowest BCUT2D eigenvalue weighted by atomic mass is 10.1. The van der Waals surface area contributed by atoms with Crippen LogP contribution in [0.15, 0.2) is 18.2 Å². The third kappa shape index (κ3) is 1.96. The molecule has 0 bridgehead atoms. The van der Waals surface area contributed by atoms with E-state index in [9.17, 15) is 4.79 Å². The minimum Gasteiger partial charge on any atom is -0.468 e. The van der Waals surface area contributed by atoms with Crippen molar-refractivity contribution in [3.63, 3.8) is 0 Å². The van der Waals surface area contributed by atoms with Gasteiger partial charge in [0.2, 0.25) is 0 Å². The summed E-state index contributed by atoms with van der Waals surface area (Å²) in [5, 5.41) is 0. The van der Waals surface area contributed by atoms with Gasteiger partial charge in [-0.1, -0.05) is 17.7 Å². The average Bonchev–Trinajstić information content (AvgIpc) is 2.60. The Morgan fingerprint density at radius 2 is 2.33 bits per heavy atom. The molecule has 3 nitrogen and oxygen atoms in total. The fraction of sp³-hybridized carbons (Fsp3) is 0.417. The maximum atomic E-state index is 11.2. The molecule has 0 spiro atoms. The van der Waals surface area contributed by atoms with E-state index in [1.807, 2.05) is 0 Å². The van der Waals surface area contributed by atoms with Gasteiger partial charge in [0.05, 0.1) is 7.11 Å². The number of carbonyl (C=O) groups is 1. The maximum Gasteiger partial charge on any atom is 0.325 e. The summed E-state index contributed by atoms with van der Waals surface area (Å²) < 4.78 is 4.67. The van der Waals surface area contributed by atoms with Gasteiger partial charge in [-0.2, -0.15) is 0 Å². The van der Waals surface area contributed by atoms with E-state index in [4.69, 9.17) is 0 Å². The molecule has 15 heavy (non-hydrogen) atoms. The first kappa shape index (κ1) is 10.0. The number of rotatable bonds is 2. The van der Waals surface area contributed by atoms with E-state index in [0.29, 0.717) is 6.54 Å². The molecule has 2 rings (SSSR count). The van der Waals surface area contributed by atoms with Gasteiger partial charge in [0.1, 0.15) is 6.54 Å². The van der Waals surface area contributed by atoms with Crippen LogP contribution in [0.5, 0.6) is 0 Å². The number of carbonyl (C=O) groups excluding carboxylic acids is 1. The predicted molar refractivity (Wildman–Crippen MR) is 59.1 cm³/mol. The smallest absolute Gasteiger partial charge is 0.325 e. The van der Waals surface area contributed by atoms with Gasteiger partial charge in [0.15, 0.2) is 0 Å². The number of ether oxygens (including phenoxy) is 1. The van der Waals surface area contributed by atoms with Crippen molar-refractivity contribution in [2.75, 3.05) is 25.1 Å². The average molecular weight is 205 g/mol. The Balaban J connectivity index is 2.18. The molecule has 0 aliphatic carbocycles. The summed E-state index contributed by atoms with van der Waals surface area (Å²) in [6.45, 7) is 3.35. The molecular weight excluding hydrogens is 190 g/mol. The zero-order chi connectivity index (χ0) is 10.8. The van der Waals surface area contributed by atoms with Gasteiger partial charge in [-0.05, 0) is 25.0 Å². The number of hydrogen-bond donors (Lipinski definition) is 0. The van der Waals surface area contributed by atoms with E-state index in [1.165, 1.54) is 23.9 Å². The molecule has 0 N–H and O–H groups in total. The van der Waals surface area contributed by atoms with Crippen molar-refractivity contribution in [1.29, 1.82) is 0 Å². The normalized spacial score (nSPS) is 13.9. The van der Waals surface area contributed by atoms with Crippen LogP contribution in [0.3, 0.4) is 0 Å². The van der Waals surface area contributed by atoms with Crippen molar-refractivity contribution in [2.24, 2.45) is 0 Å². The van der Waals surface area contributed by atoms with E-state index < -0.39 is 0 Å². The molecule has 1 aromatic carbocycles. The molecule has 0 saturated heterocycles. The van der Waals surface area contributed by atoms with Crippen LogP contribution in [0.1, 0.15) is 11.1 Å². The van der Waals surface area contributed by atoms with Gasteiger partial charge in [0, 0.05) is 12.2 Å². The second-order valence-corrected chi connectivity index (χ2v) is 3.88. The zero-order valence-corrected chi connectivity index (χ0v) is 9.12. The summed E-state index contributed by atoms with van der Waals surface area (Å²) in [5.74, 6) is -0.177. The molecule has 1 aromatic rings. The molecule has 80 valence electrons. The molecule has 1 aliphatic heterocycles. The molecule has 1 aliphatic rings. The van der Waals surface area contributed by atoms with Crippen LogP contribution in [0.2, 0.25) is 0 Å². The number of hydrogen-bond acceptors (Lipinski definition) is 3. The third-order valence-corrected chi connectivity index (χ3v) is 2.77. The van der Waals surface area contributed by atoms with Gasteiger partial charge in [-0.3, -0.25) is 4.79 Å². The summed E-state index contributed by atoms with van der Waals surface area (Å²) in [6, 6.07) is 6.35. The van der Waals surface area contributed by atoms with Crippen LogP contribution in [-0.2, 0) is 16.0 Å². The first-order valence-electron chi connectivity index (χ1n) is 5.12. The highest BCUT2D eigenvalue weighted by atomic mass is 16.5. The van der Waals surface area contributed by atoms with E-state index >= 15 is 0 Å². The minimum absolute atomic E-state index is 0.177. The van der Waals surface area contributed by atoms with Gasteiger partial charge >= 0.3 is 5.97 Å². The summed E-state index contributed by atoms with van der Waals surface area (Å²) >= 11 is 0. The molecule has 0 unspecified atom stereocenters. The van der Waals surface area contributed by atoms with Crippen LogP contribution in [0, 0.1) is 6.92 Å². The van der Waals surface area contributed by atoms with Crippen LogP contribution in [0.25, 0.3) is 0 Å². The Kier molecular flexibility index (Phi) is 2.62. The summed E-state index contributed by atoms with van der Waals surface area (Å²) in [6.07, 6.45) is 1.02. The van der Waals surface area contributed by atoms with Gasteiger partial charge in [-0.15, -0.1) is 0 Å². The van der Waals surface area contributed by atoms with Crippen LogP contribution in [0.4, 0.5) is 5.69 Å². The number of methoxy groups -OCH3 is 1. The second kappa shape index (κ2) is 3.93. The standard InChI is InChI=1S/C12H15NO2/c1-9-3-4-11-10(7-9)5-6-13(11)8-12(14)15-2/h3-4,7H,5-6,8H2,1-2H3. The van der Waals surface area contributed by atoms with Crippen molar-refractivity contribution in [3.05, 3.63) is 29.3 Å². The number of benzene rings is 1. The molecule has 0 saturated carbocycles. The quantitative estimate of drug-likeness (QED) is 0.686. The van der Waals surface area contributed by atoms with Crippen molar-refractivity contribution in [1.82, 2.24) is 0 Å². The molecular formula is C12H15NO2. The van der Waals surface area contributed by atoms with Gasteiger partial charge < -0.3 is 9.64 Å². The molecule has 0 aromatic heterocycles. The van der Waals surface area contributed by atoms with Crippen LogP contribution >= 0.6 is 0 Å². The molecule has 0 fully saturated rings. The monoisotopic (exact) mass is 205 g/mol. The van der Waals surface area contributed by atoms with Crippen molar-refractivity contribution in [2.45, 2.75) is 13.3 Å². The lowest BCUT2D eigenvalue weighted by molar-refractivity contribution is -0.138. The van der Waals surface area contributed by atoms with Crippen LogP contribution < -0.4 is 4.90 Å². The van der Waals surface area contributed by atoms with Crippen molar-refractivity contribution in [3.8, 4) is 0 Å². The SMILES string of the molecule is COC(=O)CN1CCc2cc(C)ccc21. The van der Waals surface area contributed by atoms with E-state index in [0.717, 1.165) is 13.0 Å². The van der Waals surface area contributed by atoms with E-state index in [-0.39, 0.29) is 5.97 Å². The first-order chi connectivity index (χ1) is 7.20. The highest BCUT2D eigenvalue weighted by molar-refractivity contribution is 5.77. The van der Waals surface area contributed by atoms with E-state index in [1.54, 1.807) is 0 Å². The largest absolute Gasteiger partial charge is 0.468 e. The highest BCUT2D eigenvalue weighted by Crippen LogP contribution is 2.28. The topological polar surface area (TPSA) is 29.5 Å². The fourth-order valence-corrected chi connectivity index (χ4v) is 1.98.